The van der Waals surface area contributed by atoms with Crippen molar-refractivity contribution >= 4 is 23.1 Å². The Balaban J connectivity index is 1.64. The van der Waals surface area contributed by atoms with Crippen LogP contribution in [0.25, 0.3) is 0 Å². The van der Waals surface area contributed by atoms with Crippen LogP contribution in [0.1, 0.15) is 5.69 Å². The number of aromatic nitrogens is 3. The van der Waals surface area contributed by atoms with Crippen LogP contribution in [0.2, 0.25) is 5.15 Å². The molecular weight excluding hydrogens is 292 g/mol. The van der Waals surface area contributed by atoms with Gasteiger partial charge in [0.25, 0.3) is 0 Å². The molecule has 1 saturated heterocycles. The van der Waals surface area contributed by atoms with Crippen molar-refractivity contribution in [3.63, 3.8) is 0 Å². The quantitative estimate of drug-likeness (QED) is 0.858. The summed E-state index contributed by atoms with van der Waals surface area (Å²) in [6.45, 7) is 4.47. The second-order valence-electron chi connectivity index (χ2n) is 4.87. The minimum absolute atomic E-state index is 0.451. The number of rotatable bonds is 4. The van der Waals surface area contributed by atoms with E-state index in [4.69, 9.17) is 16.1 Å². The molecule has 2 aromatic rings. The predicted octanol–water partition coefficient (Wildman–Crippen LogP) is 1.48. The van der Waals surface area contributed by atoms with Gasteiger partial charge in [-0.05, 0) is 0 Å². The first-order chi connectivity index (χ1) is 10.3. The SMILES string of the molecule is CNc1c(Cl)ncnc1N1CCN(Cc2ccon2)CC1. The number of piperazine rings is 1. The van der Waals surface area contributed by atoms with Crippen molar-refractivity contribution < 1.29 is 4.52 Å². The largest absolute Gasteiger partial charge is 0.383 e. The topological polar surface area (TPSA) is 70.3 Å². The molecule has 1 aliphatic heterocycles. The molecule has 0 aliphatic carbocycles. The van der Waals surface area contributed by atoms with E-state index < -0.39 is 0 Å². The van der Waals surface area contributed by atoms with Crippen molar-refractivity contribution in [3.05, 3.63) is 29.5 Å². The fraction of sp³-hybridized carbons (Fsp3) is 0.462. The summed E-state index contributed by atoms with van der Waals surface area (Å²) < 4.78 is 4.86. The van der Waals surface area contributed by atoms with Gasteiger partial charge in [-0.15, -0.1) is 0 Å². The molecule has 3 heterocycles. The Hall–Kier alpha value is -1.86. The molecule has 0 amide bonds. The molecule has 0 atom stereocenters. The summed E-state index contributed by atoms with van der Waals surface area (Å²) in [7, 11) is 1.83. The van der Waals surface area contributed by atoms with Crippen LogP contribution in [0.4, 0.5) is 11.5 Å². The lowest BCUT2D eigenvalue weighted by molar-refractivity contribution is 0.241. The van der Waals surface area contributed by atoms with E-state index in [-0.39, 0.29) is 0 Å². The van der Waals surface area contributed by atoms with Crippen LogP contribution in [0, 0.1) is 0 Å². The predicted molar refractivity (Wildman–Crippen MR) is 80.6 cm³/mol. The highest BCUT2D eigenvalue weighted by Crippen LogP contribution is 2.29. The number of hydrogen-bond acceptors (Lipinski definition) is 7. The lowest BCUT2D eigenvalue weighted by atomic mass is 10.2. The van der Waals surface area contributed by atoms with Gasteiger partial charge in [-0.2, -0.15) is 0 Å². The zero-order valence-corrected chi connectivity index (χ0v) is 12.5. The zero-order chi connectivity index (χ0) is 14.7. The van der Waals surface area contributed by atoms with Gasteiger partial charge in [0.1, 0.15) is 18.3 Å². The second kappa shape index (κ2) is 6.28. The number of hydrogen-bond donors (Lipinski definition) is 1. The number of halogens is 1. The van der Waals surface area contributed by atoms with Gasteiger partial charge < -0.3 is 14.7 Å². The van der Waals surface area contributed by atoms with Crippen molar-refractivity contribution in [2.45, 2.75) is 6.54 Å². The average molecular weight is 309 g/mol. The van der Waals surface area contributed by atoms with Crippen molar-refractivity contribution in [2.24, 2.45) is 0 Å². The van der Waals surface area contributed by atoms with E-state index in [9.17, 15) is 0 Å². The van der Waals surface area contributed by atoms with E-state index in [0.29, 0.717) is 5.15 Å². The summed E-state index contributed by atoms with van der Waals surface area (Å²) in [5.41, 5.74) is 1.74. The standard InChI is InChI=1S/C13H17ClN6O/c1-15-11-12(14)16-9-17-13(11)20-5-3-19(4-6-20)8-10-2-7-21-18-10/h2,7,9,15H,3-6,8H2,1H3. The van der Waals surface area contributed by atoms with Crippen molar-refractivity contribution in [1.29, 1.82) is 0 Å². The first-order valence-electron chi connectivity index (χ1n) is 6.82. The summed E-state index contributed by atoms with van der Waals surface area (Å²) in [5, 5.41) is 7.47. The Morgan fingerprint density at radius 2 is 2.10 bits per heavy atom. The van der Waals surface area contributed by atoms with Crippen LogP contribution in [0.5, 0.6) is 0 Å². The molecule has 0 aromatic carbocycles. The third-order valence-electron chi connectivity index (χ3n) is 3.58. The summed E-state index contributed by atoms with van der Waals surface area (Å²) in [5.74, 6) is 0.860. The van der Waals surface area contributed by atoms with Crippen molar-refractivity contribution in [3.8, 4) is 0 Å². The summed E-state index contributed by atoms with van der Waals surface area (Å²) in [6.07, 6.45) is 3.11. The molecule has 0 radical (unpaired) electrons. The summed E-state index contributed by atoms with van der Waals surface area (Å²) in [6, 6.07) is 1.90. The lowest BCUT2D eigenvalue weighted by Crippen LogP contribution is -2.46. The Morgan fingerprint density at radius 1 is 1.29 bits per heavy atom. The Morgan fingerprint density at radius 3 is 2.76 bits per heavy atom. The third kappa shape index (κ3) is 3.08. The van der Waals surface area contributed by atoms with E-state index in [1.165, 1.54) is 6.33 Å². The molecule has 1 fully saturated rings. The van der Waals surface area contributed by atoms with Crippen molar-refractivity contribution in [1.82, 2.24) is 20.0 Å². The van der Waals surface area contributed by atoms with Gasteiger partial charge in [0.15, 0.2) is 11.0 Å². The first-order valence-corrected chi connectivity index (χ1v) is 7.20. The van der Waals surface area contributed by atoms with Crippen LogP contribution in [0.15, 0.2) is 23.2 Å². The molecule has 0 unspecified atom stereocenters. The highest BCUT2D eigenvalue weighted by molar-refractivity contribution is 6.32. The third-order valence-corrected chi connectivity index (χ3v) is 3.87. The van der Waals surface area contributed by atoms with Crippen LogP contribution in [0.3, 0.4) is 0 Å². The Bertz CT molecular complexity index is 582. The number of nitrogens with zero attached hydrogens (tertiary/aromatic N) is 5. The van der Waals surface area contributed by atoms with E-state index in [1.807, 2.05) is 13.1 Å². The fourth-order valence-corrected chi connectivity index (χ4v) is 2.70. The average Bonchev–Trinajstić information content (AvgIpc) is 3.01. The van der Waals surface area contributed by atoms with Crippen LogP contribution in [-0.4, -0.2) is 53.3 Å². The highest BCUT2D eigenvalue weighted by Gasteiger charge is 2.22. The maximum Gasteiger partial charge on any atom is 0.157 e. The maximum absolute atomic E-state index is 6.10. The Labute approximate surface area is 127 Å². The zero-order valence-electron chi connectivity index (χ0n) is 11.8. The maximum atomic E-state index is 6.10. The van der Waals surface area contributed by atoms with Crippen LogP contribution < -0.4 is 10.2 Å². The van der Waals surface area contributed by atoms with E-state index in [1.54, 1.807) is 6.26 Å². The molecule has 2 aromatic heterocycles. The molecule has 21 heavy (non-hydrogen) atoms. The van der Waals surface area contributed by atoms with Gasteiger partial charge in [-0.1, -0.05) is 16.8 Å². The number of anilines is 2. The molecule has 3 rings (SSSR count). The van der Waals surface area contributed by atoms with Crippen LogP contribution >= 0.6 is 11.6 Å². The monoisotopic (exact) mass is 308 g/mol. The van der Waals surface area contributed by atoms with E-state index >= 15 is 0 Å². The molecule has 1 aliphatic rings. The molecular formula is C13H17ClN6O. The summed E-state index contributed by atoms with van der Waals surface area (Å²) in [4.78, 5) is 12.9. The molecule has 1 N–H and O–H groups in total. The second-order valence-corrected chi connectivity index (χ2v) is 5.23. The number of nitrogens with one attached hydrogen (secondary N) is 1. The van der Waals surface area contributed by atoms with Gasteiger partial charge in [0.2, 0.25) is 0 Å². The molecule has 0 spiro atoms. The van der Waals surface area contributed by atoms with Gasteiger partial charge >= 0.3 is 0 Å². The highest BCUT2D eigenvalue weighted by atomic mass is 35.5. The smallest absolute Gasteiger partial charge is 0.157 e. The summed E-state index contributed by atoms with van der Waals surface area (Å²) >= 11 is 6.10. The fourth-order valence-electron chi connectivity index (χ4n) is 2.48. The molecule has 0 saturated carbocycles. The van der Waals surface area contributed by atoms with E-state index in [2.05, 4.69) is 30.2 Å². The van der Waals surface area contributed by atoms with Gasteiger partial charge in [0, 0.05) is 45.8 Å². The molecule has 0 bridgehead atoms. The van der Waals surface area contributed by atoms with Crippen LogP contribution in [-0.2, 0) is 6.54 Å². The lowest BCUT2D eigenvalue weighted by Gasteiger charge is -2.35. The minimum Gasteiger partial charge on any atom is -0.383 e. The van der Waals surface area contributed by atoms with Gasteiger partial charge in [-0.25, -0.2) is 9.97 Å². The first kappa shape index (κ1) is 14.1. The van der Waals surface area contributed by atoms with Crippen molar-refractivity contribution in [2.75, 3.05) is 43.4 Å². The van der Waals surface area contributed by atoms with Gasteiger partial charge in [-0.3, -0.25) is 4.90 Å². The van der Waals surface area contributed by atoms with E-state index in [0.717, 1.165) is 49.9 Å². The minimum atomic E-state index is 0.451. The molecule has 112 valence electrons. The van der Waals surface area contributed by atoms with Gasteiger partial charge in [0.05, 0.1) is 5.69 Å². The Kier molecular flexibility index (Phi) is 4.21. The molecule has 8 heteroatoms. The molecule has 7 nitrogen and oxygen atoms in total. The normalized spacial score (nSPS) is 16.2.